The van der Waals surface area contributed by atoms with E-state index in [4.69, 9.17) is 16.1 Å². The Labute approximate surface area is 154 Å². The van der Waals surface area contributed by atoms with Gasteiger partial charge in [0, 0.05) is 29.8 Å². The Kier molecular flexibility index (Phi) is 4.83. The van der Waals surface area contributed by atoms with E-state index in [0.717, 1.165) is 10.6 Å². The molecule has 3 heterocycles. The molecular formula is C16H19ClN4O3S. The molecule has 0 radical (unpaired) electrons. The molecular weight excluding hydrogens is 364 g/mol. The fourth-order valence-corrected chi connectivity index (χ4v) is 3.68. The molecule has 1 N–H and O–H groups in total. The molecule has 0 aromatic carbocycles. The largest absolute Gasteiger partial charge is 0.361 e. The van der Waals surface area contributed by atoms with Gasteiger partial charge in [0.25, 0.3) is 5.91 Å². The highest BCUT2D eigenvalue weighted by Gasteiger charge is 2.34. The lowest BCUT2D eigenvalue weighted by atomic mass is 9.93. The molecule has 2 amide bonds. The molecule has 0 saturated heterocycles. The number of halogens is 1. The Morgan fingerprint density at radius 1 is 1.48 bits per heavy atom. The number of alkyl halides is 1. The molecule has 2 aromatic rings. The van der Waals surface area contributed by atoms with Crippen LogP contribution in [0.4, 0.5) is 5.13 Å². The second-order valence-electron chi connectivity index (χ2n) is 6.66. The summed E-state index contributed by atoms with van der Waals surface area (Å²) >= 11 is 7.29. The summed E-state index contributed by atoms with van der Waals surface area (Å²) in [6, 6.07) is 1.57. The molecule has 1 aliphatic rings. The Morgan fingerprint density at radius 3 is 2.88 bits per heavy atom. The molecule has 3 rings (SSSR count). The maximum Gasteiger partial charge on any atom is 0.279 e. The summed E-state index contributed by atoms with van der Waals surface area (Å²) in [4.78, 5) is 32.0. The zero-order valence-electron chi connectivity index (χ0n) is 14.3. The number of carbonyl (C=O) groups excluding carboxylic acids is 2. The maximum atomic E-state index is 12.6. The highest BCUT2D eigenvalue weighted by molar-refractivity contribution is 7.15. The lowest BCUT2D eigenvalue weighted by Gasteiger charge is -2.32. The van der Waals surface area contributed by atoms with Gasteiger partial charge in [-0.3, -0.25) is 14.9 Å². The van der Waals surface area contributed by atoms with Gasteiger partial charge >= 0.3 is 0 Å². The van der Waals surface area contributed by atoms with Gasteiger partial charge in [-0.1, -0.05) is 16.5 Å². The molecule has 2 aromatic heterocycles. The SMILES string of the molecule is Cc1cc(C(=O)Nc2nc3c(s2)CN(C(=O)C(C)(C)CCl)CC3)no1. The molecule has 134 valence electrons. The van der Waals surface area contributed by atoms with Crippen molar-refractivity contribution in [1.82, 2.24) is 15.0 Å². The van der Waals surface area contributed by atoms with Gasteiger partial charge in [0.05, 0.1) is 17.7 Å². The van der Waals surface area contributed by atoms with Crippen molar-refractivity contribution in [2.75, 3.05) is 17.7 Å². The van der Waals surface area contributed by atoms with Gasteiger partial charge in [0.15, 0.2) is 10.8 Å². The number of carbonyl (C=O) groups is 2. The third-order valence-corrected chi connectivity index (χ3v) is 5.68. The summed E-state index contributed by atoms with van der Waals surface area (Å²) in [5, 5.41) is 6.93. The van der Waals surface area contributed by atoms with Crippen LogP contribution in [0.2, 0.25) is 0 Å². The molecule has 0 spiro atoms. The number of hydrogen-bond acceptors (Lipinski definition) is 6. The van der Waals surface area contributed by atoms with Crippen LogP contribution in [0.15, 0.2) is 10.6 Å². The second-order valence-corrected chi connectivity index (χ2v) is 8.01. The van der Waals surface area contributed by atoms with Crippen LogP contribution >= 0.6 is 22.9 Å². The molecule has 0 bridgehead atoms. The van der Waals surface area contributed by atoms with E-state index >= 15 is 0 Å². The van der Waals surface area contributed by atoms with Crippen molar-refractivity contribution in [2.24, 2.45) is 5.41 Å². The Hall–Kier alpha value is -1.93. The summed E-state index contributed by atoms with van der Waals surface area (Å²) in [7, 11) is 0. The number of nitrogens with one attached hydrogen (secondary N) is 1. The van der Waals surface area contributed by atoms with E-state index in [2.05, 4.69) is 15.5 Å². The van der Waals surface area contributed by atoms with E-state index in [-0.39, 0.29) is 23.4 Å². The average molecular weight is 383 g/mol. The van der Waals surface area contributed by atoms with Crippen molar-refractivity contribution >= 4 is 39.9 Å². The predicted octanol–water partition coefficient (Wildman–Crippen LogP) is 2.84. The highest BCUT2D eigenvalue weighted by Crippen LogP contribution is 2.31. The lowest BCUT2D eigenvalue weighted by molar-refractivity contribution is -0.140. The van der Waals surface area contributed by atoms with E-state index in [1.807, 2.05) is 13.8 Å². The zero-order valence-corrected chi connectivity index (χ0v) is 15.8. The molecule has 25 heavy (non-hydrogen) atoms. The first-order chi connectivity index (χ1) is 11.8. The minimum absolute atomic E-state index is 0.0326. The quantitative estimate of drug-likeness (QED) is 0.821. The monoisotopic (exact) mass is 382 g/mol. The number of anilines is 1. The summed E-state index contributed by atoms with van der Waals surface area (Å²) in [6.45, 7) is 6.50. The Morgan fingerprint density at radius 2 is 2.24 bits per heavy atom. The molecule has 9 heteroatoms. The normalized spacial score (nSPS) is 14.3. The Bertz CT molecular complexity index is 814. The predicted molar refractivity (Wildman–Crippen MR) is 94.9 cm³/mol. The Balaban J connectivity index is 1.71. The van der Waals surface area contributed by atoms with Crippen molar-refractivity contribution in [1.29, 1.82) is 0 Å². The standard InChI is InChI=1S/C16H19ClN4O3S/c1-9-6-11(20-24-9)13(22)19-15-18-10-4-5-21(7-12(10)25-15)14(23)16(2,3)8-17/h6H,4-5,7-8H2,1-3H3,(H,18,19,22). The average Bonchev–Trinajstić information content (AvgIpc) is 3.18. The van der Waals surface area contributed by atoms with Crippen LogP contribution < -0.4 is 5.32 Å². The van der Waals surface area contributed by atoms with E-state index in [0.29, 0.717) is 30.4 Å². The number of hydrogen-bond donors (Lipinski definition) is 1. The summed E-state index contributed by atoms with van der Waals surface area (Å²) < 4.78 is 4.90. The van der Waals surface area contributed by atoms with E-state index < -0.39 is 5.41 Å². The first kappa shape index (κ1) is 17.9. The van der Waals surface area contributed by atoms with Crippen LogP contribution in [0.5, 0.6) is 0 Å². The number of thiazole rings is 1. The number of nitrogens with zero attached hydrogens (tertiary/aromatic N) is 3. The minimum Gasteiger partial charge on any atom is -0.361 e. The maximum absolute atomic E-state index is 12.6. The zero-order chi connectivity index (χ0) is 18.2. The third-order valence-electron chi connectivity index (χ3n) is 4.01. The number of rotatable bonds is 4. The highest BCUT2D eigenvalue weighted by atomic mass is 35.5. The molecule has 1 aliphatic heterocycles. The molecule has 0 fully saturated rings. The fraction of sp³-hybridized carbons (Fsp3) is 0.500. The number of amides is 2. The lowest BCUT2D eigenvalue weighted by Crippen LogP contribution is -2.44. The van der Waals surface area contributed by atoms with Crippen LogP contribution in [-0.2, 0) is 17.8 Å². The van der Waals surface area contributed by atoms with Crippen molar-refractivity contribution in [2.45, 2.75) is 33.7 Å². The van der Waals surface area contributed by atoms with Gasteiger partial charge in [-0.25, -0.2) is 4.98 Å². The minimum atomic E-state index is -0.592. The van der Waals surface area contributed by atoms with Gasteiger partial charge in [0.1, 0.15) is 5.76 Å². The first-order valence-electron chi connectivity index (χ1n) is 7.89. The number of aryl methyl sites for hydroxylation is 1. The summed E-state index contributed by atoms with van der Waals surface area (Å²) in [6.07, 6.45) is 0.662. The second kappa shape index (κ2) is 6.76. The van der Waals surface area contributed by atoms with Crippen LogP contribution in [0.25, 0.3) is 0 Å². The van der Waals surface area contributed by atoms with Crippen molar-refractivity contribution in [3.8, 4) is 0 Å². The van der Waals surface area contributed by atoms with Gasteiger partial charge in [0.2, 0.25) is 5.91 Å². The molecule has 0 unspecified atom stereocenters. The van der Waals surface area contributed by atoms with E-state index in [1.165, 1.54) is 11.3 Å². The molecule has 7 nitrogen and oxygen atoms in total. The summed E-state index contributed by atoms with van der Waals surface area (Å²) in [5.41, 5.74) is 0.543. The van der Waals surface area contributed by atoms with E-state index in [9.17, 15) is 9.59 Å². The van der Waals surface area contributed by atoms with Gasteiger partial charge in [-0.15, -0.1) is 11.6 Å². The smallest absolute Gasteiger partial charge is 0.279 e. The topological polar surface area (TPSA) is 88.3 Å². The van der Waals surface area contributed by atoms with Crippen molar-refractivity contribution in [3.63, 3.8) is 0 Å². The van der Waals surface area contributed by atoms with Crippen LogP contribution in [-0.4, -0.2) is 39.3 Å². The van der Waals surface area contributed by atoms with Gasteiger partial charge in [-0.2, -0.15) is 0 Å². The van der Waals surface area contributed by atoms with E-state index in [1.54, 1.807) is 17.9 Å². The van der Waals surface area contributed by atoms with Gasteiger partial charge < -0.3 is 9.42 Å². The number of aromatic nitrogens is 2. The molecule has 0 atom stereocenters. The van der Waals surface area contributed by atoms with Crippen LogP contribution in [0, 0.1) is 12.3 Å². The molecule has 0 aliphatic carbocycles. The van der Waals surface area contributed by atoms with Crippen LogP contribution in [0.1, 0.15) is 40.7 Å². The number of fused-ring (bicyclic) bond motifs is 1. The fourth-order valence-electron chi connectivity index (χ4n) is 2.54. The van der Waals surface area contributed by atoms with Gasteiger partial charge in [-0.05, 0) is 20.8 Å². The van der Waals surface area contributed by atoms with Crippen LogP contribution in [0.3, 0.4) is 0 Å². The van der Waals surface area contributed by atoms with Crippen molar-refractivity contribution < 1.29 is 14.1 Å². The third kappa shape index (κ3) is 3.69. The van der Waals surface area contributed by atoms with Crippen molar-refractivity contribution in [3.05, 3.63) is 28.1 Å². The summed E-state index contributed by atoms with van der Waals surface area (Å²) in [5.74, 6) is 0.514. The first-order valence-corrected chi connectivity index (χ1v) is 9.24. The molecule has 0 saturated carbocycles.